The molecule has 0 spiro atoms. The fourth-order valence-corrected chi connectivity index (χ4v) is 3.19. The molecular formula is C25H23N5O6. The molecule has 36 heavy (non-hydrogen) atoms. The number of hydrogen-bond acceptors (Lipinski definition) is 6. The number of nitrogens with two attached hydrogens (primary N) is 1. The van der Waals surface area contributed by atoms with Gasteiger partial charge in [-0.05, 0) is 30.3 Å². The van der Waals surface area contributed by atoms with E-state index in [1.807, 2.05) is 0 Å². The molecule has 0 aliphatic heterocycles. The maximum absolute atomic E-state index is 13.1. The lowest BCUT2D eigenvalue weighted by Crippen LogP contribution is -2.38. The molecule has 4 amide bonds. The van der Waals surface area contributed by atoms with E-state index in [1.165, 1.54) is 23.1 Å². The Morgan fingerprint density at radius 2 is 1.47 bits per heavy atom. The average Bonchev–Trinajstić information content (AvgIpc) is 2.89. The second-order valence-corrected chi connectivity index (χ2v) is 7.11. The number of benzene rings is 3. The van der Waals surface area contributed by atoms with E-state index in [2.05, 4.69) is 25.1 Å². The highest BCUT2D eigenvalue weighted by Crippen LogP contribution is 2.33. The maximum Gasteiger partial charge on any atom is 0.436 e. The Hall–Kier alpha value is -5.19. The number of primary amides is 1. The standard InChI is InChI=1S/C25H23N5O6/c1-35-24(33)28-23(29-25(34)36-2)27-19-15-17(21(31)16-9-5-3-6-10-16)13-14-20(19)30(22(26)32)18-11-7-4-8-12-18/h3-15H,1-2H3,(H2,26,32)(H2,27,28,29,33,34). The molecule has 0 fully saturated rings. The molecule has 0 saturated carbocycles. The van der Waals surface area contributed by atoms with Gasteiger partial charge in [0.1, 0.15) is 0 Å². The number of carbonyl (C=O) groups is 4. The quantitative estimate of drug-likeness (QED) is 0.278. The minimum atomic E-state index is -1.03. The van der Waals surface area contributed by atoms with E-state index in [-0.39, 0.29) is 28.7 Å². The van der Waals surface area contributed by atoms with Gasteiger partial charge in [-0.25, -0.2) is 14.4 Å². The Morgan fingerprint density at radius 3 is 2.06 bits per heavy atom. The number of ketones is 1. The van der Waals surface area contributed by atoms with Crippen LogP contribution in [0.3, 0.4) is 0 Å². The van der Waals surface area contributed by atoms with Crippen LogP contribution in [-0.2, 0) is 9.47 Å². The fraction of sp³-hybridized carbons (Fsp3) is 0.0800. The van der Waals surface area contributed by atoms with E-state index < -0.39 is 18.2 Å². The van der Waals surface area contributed by atoms with Gasteiger partial charge >= 0.3 is 18.2 Å². The highest BCUT2D eigenvalue weighted by Gasteiger charge is 2.22. The summed E-state index contributed by atoms with van der Waals surface area (Å²) in [4.78, 5) is 54.1. The van der Waals surface area contributed by atoms with Crippen molar-refractivity contribution in [1.29, 1.82) is 0 Å². The van der Waals surface area contributed by atoms with Crippen LogP contribution in [0.4, 0.5) is 31.4 Å². The second-order valence-electron chi connectivity index (χ2n) is 7.11. The number of alkyl carbamates (subject to hydrolysis) is 1. The van der Waals surface area contributed by atoms with Crippen molar-refractivity contribution < 1.29 is 28.7 Å². The van der Waals surface area contributed by atoms with E-state index in [9.17, 15) is 19.2 Å². The third-order valence-electron chi connectivity index (χ3n) is 4.81. The van der Waals surface area contributed by atoms with Crippen LogP contribution in [0.15, 0.2) is 83.9 Å². The van der Waals surface area contributed by atoms with Crippen molar-refractivity contribution in [3.63, 3.8) is 0 Å². The molecule has 0 heterocycles. The summed E-state index contributed by atoms with van der Waals surface area (Å²) in [5.41, 5.74) is 7.14. The Kier molecular flexibility index (Phi) is 8.33. The first kappa shape index (κ1) is 25.4. The van der Waals surface area contributed by atoms with Gasteiger partial charge in [0.15, 0.2) is 5.78 Å². The van der Waals surface area contributed by atoms with Gasteiger partial charge in [0.25, 0.3) is 0 Å². The fourth-order valence-electron chi connectivity index (χ4n) is 3.19. The van der Waals surface area contributed by atoms with Crippen molar-refractivity contribution in [2.75, 3.05) is 24.4 Å². The van der Waals surface area contributed by atoms with Gasteiger partial charge < -0.3 is 20.5 Å². The molecule has 0 saturated heterocycles. The smallest absolute Gasteiger partial charge is 0.436 e. The molecule has 184 valence electrons. The van der Waals surface area contributed by atoms with Crippen LogP contribution in [0.5, 0.6) is 0 Å². The summed E-state index contributed by atoms with van der Waals surface area (Å²) < 4.78 is 9.12. The molecule has 3 rings (SSSR count). The van der Waals surface area contributed by atoms with Crippen LogP contribution < -0.4 is 21.3 Å². The van der Waals surface area contributed by atoms with Crippen molar-refractivity contribution in [1.82, 2.24) is 5.32 Å². The number of carbonyl (C=O) groups excluding carboxylic acids is 4. The molecule has 0 atom stereocenters. The zero-order valence-electron chi connectivity index (χ0n) is 19.4. The Balaban J connectivity index is 2.16. The number of urea groups is 1. The van der Waals surface area contributed by atoms with E-state index in [1.54, 1.807) is 60.7 Å². The minimum Gasteiger partial charge on any atom is -0.453 e. The molecular weight excluding hydrogens is 466 g/mol. The Labute approximate surface area is 206 Å². The molecule has 0 aromatic heterocycles. The topological polar surface area (TPSA) is 152 Å². The third-order valence-corrected chi connectivity index (χ3v) is 4.81. The molecule has 3 aromatic carbocycles. The molecule has 11 nitrogen and oxygen atoms in total. The van der Waals surface area contributed by atoms with Crippen molar-refractivity contribution in [3.05, 3.63) is 90.0 Å². The molecule has 0 aliphatic rings. The van der Waals surface area contributed by atoms with Gasteiger partial charge in [-0.1, -0.05) is 48.5 Å². The molecule has 0 aliphatic carbocycles. The predicted octanol–water partition coefficient (Wildman–Crippen LogP) is 4.02. The number of anilines is 3. The summed E-state index contributed by atoms with van der Waals surface area (Å²) in [5, 5.41) is 5.02. The van der Waals surface area contributed by atoms with Gasteiger partial charge in [-0.3, -0.25) is 15.0 Å². The number of ether oxygens (including phenoxy) is 2. The lowest BCUT2D eigenvalue weighted by molar-refractivity contribution is 0.103. The molecule has 3 aromatic rings. The molecule has 0 unspecified atom stereocenters. The normalized spacial score (nSPS) is 10.7. The maximum atomic E-state index is 13.1. The number of aliphatic imine (C=N–C) groups is 1. The van der Waals surface area contributed by atoms with E-state index in [0.29, 0.717) is 11.3 Å². The number of nitrogens with one attached hydrogen (secondary N) is 2. The van der Waals surface area contributed by atoms with Crippen LogP contribution in [0.25, 0.3) is 0 Å². The Bertz CT molecular complexity index is 1290. The Morgan fingerprint density at radius 1 is 0.833 bits per heavy atom. The highest BCUT2D eigenvalue weighted by atomic mass is 16.5. The lowest BCUT2D eigenvalue weighted by atomic mass is 10.0. The number of para-hydroxylation sites is 1. The summed E-state index contributed by atoms with van der Waals surface area (Å²) in [7, 11) is 2.23. The minimum absolute atomic E-state index is 0.124. The number of nitrogens with zero attached hydrogens (tertiary/aromatic N) is 2. The zero-order valence-corrected chi connectivity index (χ0v) is 19.4. The molecule has 0 bridgehead atoms. The SMILES string of the molecule is COC(=O)N=C(NC(=O)OC)Nc1cc(C(=O)c2ccccc2)ccc1N(C(N)=O)c1ccccc1. The molecule has 4 N–H and O–H groups in total. The van der Waals surface area contributed by atoms with E-state index in [4.69, 9.17) is 5.73 Å². The summed E-state index contributed by atoms with van der Waals surface area (Å²) in [6.45, 7) is 0. The zero-order chi connectivity index (χ0) is 26.1. The van der Waals surface area contributed by atoms with Crippen molar-refractivity contribution in [3.8, 4) is 0 Å². The van der Waals surface area contributed by atoms with Gasteiger partial charge in [0.2, 0.25) is 5.96 Å². The average molecular weight is 489 g/mol. The number of amides is 4. The second kappa shape index (κ2) is 11.8. The van der Waals surface area contributed by atoms with Crippen molar-refractivity contribution in [2.45, 2.75) is 0 Å². The number of rotatable bonds is 5. The summed E-state index contributed by atoms with van der Waals surface area (Å²) in [6.07, 6.45) is -1.96. The molecule has 0 radical (unpaired) electrons. The van der Waals surface area contributed by atoms with Gasteiger partial charge in [0.05, 0.1) is 31.3 Å². The van der Waals surface area contributed by atoms with Crippen LogP contribution in [0.1, 0.15) is 15.9 Å². The van der Waals surface area contributed by atoms with Crippen molar-refractivity contribution >= 4 is 47.0 Å². The summed E-state index contributed by atoms with van der Waals surface area (Å²) >= 11 is 0. The van der Waals surface area contributed by atoms with E-state index >= 15 is 0 Å². The van der Waals surface area contributed by atoms with Gasteiger partial charge in [-0.15, -0.1) is 4.99 Å². The first-order valence-electron chi connectivity index (χ1n) is 10.5. The van der Waals surface area contributed by atoms with Crippen LogP contribution in [0, 0.1) is 0 Å². The number of hydrogen-bond donors (Lipinski definition) is 3. The first-order chi connectivity index (χ1) is 17.3. The largest absolute Gasteiger partial charge is 0.453 e. The van der Waals surface area contributed by atoms with Crippen LogP contribution in [0.2, 0.25) is 0 Å². The molecule has 11 heteroatoms. The summed E-state index contributed by atoms with van der Waals surface area (Å²) in [5.74, 6) is -0.681. The highest BCUT2D eigenvalue weighted by molar-refractivity contribution is 6.13. The van der Waals surface area contributed by atoms with Gasteiger partial charge in [-0.2, -0.15) is 0 Å². The van der Waals surface area contributed by atoms with Crippen LogP contribution in [-0.4, -0.2) is 44.2 Å². The van der Waals surface area contributed by atoms with Gasteiger partial charge in [0, 0.05) is 11.1 Å². The number of methoxy groups -OCH3 is 2. The van der Waals surface area contributed by atoms with Crippen molar-refractivity contribution in [2.24, 2.45) is 10.7 Å². The first-order valence-corrected chi connectivity index (χ1v) is 10.5. The lowest BCUT2D eigenvalue weighted by Gasteiger charge is -2.24. The van der Waals surface area contributed by atoms with Crippen LogP contribution >= 0.6 is 0 Å². The predicted molar refractivity (Wildman–Crippen MR) is 133 cm³/mol. The third kappa shape index (κ3) is 6.23. The number of guanidine groups is 1. The summed E-state index contributed by atoms with van der Waals surface area (Å²) in [6, 6.07) is 20.7. The monoisotopic (exact) mass is 489 g/mol. The van der Waals surface area contributed by atoms with E-state index in [0.717, 1.165) is 14.2 Å².